The number of aryl methyl sites for hydroxylation is 1. The number of thiophene rings is 1. The van der Waals surface area contributed by atoms with E-state index in [0.29, 0.717) is 5.56 Å². The van der Waals surface area contributed by atoms with E-state index >= 15 is 0 Å². The zero-order valence-corrected chi connectivity index (χ0v) is 13.6. The van der Waals surface area contributed by atoms with Crippen molar-refractivity contribution in [2.24, 2.45) is 0 Å². The van der Waals surface area contributed by atoms with Crippen molar-refractivity contribution in [3.05, 3.63) is 51.2 Å². The molecule has 2 heterocycles. The van der Waals surface area contributed by atoms with Crippen LogP contribution in [0.3, 0.4) is 0 Å². The summed E-state index contributed by atoms with van der Waals surface area (Å²) in [5, 5.41) is 6.14. The van der Waals surface area contributed by atoms with E-state index in [-0.39, 0.29) is 11.9 Å². The summed E-state index contributed by atoms with van der Waals surface area (Å²) in [5.41, 5.74) is 1.66. The van der Waals surface area contributed by atoms with Gasteiger partial charge in [-0.05, 0) is 43.5 Å². The summed E-state index contributed by atoms with van der Waals surface area (Å²) in [6.45, 7) is 4.01. The van der Waals surface area contributed by atoms with E-state index in [4.69, 9.17) is 0 Å². The molecule has 0 radical (unpaired) electrons. The first kappa shape index (κ1) is 14.2. The molecule has 108 valence electrons. The Kier molecular flexibility index (Phi) is 4.03. The minimum atomic E-state index is -0.0213. The molecule has 0 saturated heterocycles. The second kappa shape index (κ2) is 5.95. The van der Waals surface area contributed by atoms with Crippen LogP contribution in [0.1, 0.15) is 27.2 Å². The fraction of sp³-hybridized carbons (Fsp3) is 0.250. The maximum atomic E-state index is 12.3. The normalized spacial score (nSPS) is 12.5. The first-order valence-corrected chi connectivity index (χ1v) is 8.52. The van der Waals surface area contributed by atoms with E-state index in [1.807, 2.05) is 38.1 Å². The van der Waals surface area contributed by atoms with Crippen LogP contribution in [-0.2, 0) is 6.42 Å². The number of thiazole rings is 1. The summed E-state index contributed by atoms with van der Waals surface area (Å²) in [7, 11) is 0. The average Bonchev–Trinajstić information content (AvgIpc) is 3.05. The third-order valence-corrected chi connectivity index (χ3v) is 5.05. The van der Waals surface area contributed by atoms with Gasteiger partial charge in [0, 0.05) is 22.9 Å². The van der Waals surface area contributed by atoms with Gasteiger partial charge in [-0.3, -0.25) is 4.79 Å². The van der Waals surface area contributed by atoms with Crippen LogP contribution in [0.5, 0.6) is 0 Å². The van der Waals surface area contributed by atoms with Crippen LogP contribution < -0.4 is 5.32 Å². The number of amides is 1. The predicted molar refractivity (Wildman–Crippen MR) is 89.3 cm³/mol. The van der Waals surface area contributed by atoms with Crippen LogP contribution in [0.25, 0.3) is 10.2 Å². The van der Waals surface area contributed by atoms with Gasteiger partial charge < -0.3 is 5.32 Å². The molecule has 0 bridgehead atoms. The summed E-state index contributed by atoms with van der Waals surface area (Å²) in [4.78, 5) is 18.0. The van der Waals surface area contributed by atoms with Crippen molar-refractivity contribution >= 4 is 38.8 Å². The molecule has 0 aliphatic rings. The molecule has 1 atom stereocenters. The summed E-state index contributed by atoms with van der Waals surface area (Å²) in [6, 6.07) is 9.93. The van der Waals surface area contributed by atoms with Crippen molar-refractivity contribution in [1.29, 1.82) is 0 Å². The quantitative estimate of drug-likeness (QED) is 0.789. The molecule has 0 spiro atoms. The second-order valence-electron chi connectivity index (χ2n) is 5.07. The van der Waals surface area contributed by atoms with Gasteiger partial charge in [-0.2, -0.15) is 0 Å². The molecule has 21 heavy (non-hydrogen) atoms. The number of nitrogens with zero attached hydrogens (tertiary/aromatic N) is 1. The van der Waals surface area contributed by atoms with Crippen molar-refractivity contribution < 1.29 is 4.79 Å². The number of carbonyl (C=O) groups is 1. The Hall–Kier alpha value is -1.72. The fourth-order valence-corrected chi connectivity index (χ4v) is 3.97. The highest BCUT2D eigenvalue weighted by Crippen LogP contribution is 2.22. The average molecular weight is 316 g/mol. The van der Waals surface area contributed by atoms with E-state index in [1.54, 1.807) is 22.7 Å². The first-order chi connectivity index (χ1) is 10.1. The Labute approximate surface area is 131 Å². The molecular formula is C16H16N2OS2. The van der Waals surface area contributed by atoms with Crippen LogP contribution in [0.2, 0.25) is 0 Å². The lowest BCUT2D eigenvalue weighted by molar-refractivity contribution is 0.0940. The number of aromatic nitrogens is 1. The molecule has 0 aliphatic carbocycles. The lowest BCUT2D eigenvalue weighted by Crippen LogP contribution is -2.33. The van der Waals surface area contributed by atoms with Crippen LogP contribution in [0, 0.1) is 6.92 Å². The molecule has 3 nitrogen and oxygen atoms in total. The molecule has 0 aliphatic heterocycles. The number of hydrogen-bond acceptors (Lipinski definition) is 4. The largest absolute Gasteiger partial charge is 0.349 e. The fourth-order valence-electron chi connectivity index (χ4n) is 2.27. The highest BCUT2D eigenvalue weighted by Gasteiger charge is 2.12. The second-order valence-corrected chi connectivity index (χ2v) is 7.34. The van der Waals surface area contributed by atoms with Gasteiger partial charge >= 0.3 is 0 Å². The van der Waals surface area contributed by atoms with Gasteiger partial charge in [-0.25, -0.2) is 4.98 Å². The van der Waals surface area contributed by atoms with Gasteiger partial charge in [-0.15, -0.1) is 22.7 Å². The molecule has 3 aromatic rings. The highest BCUT2D eigenvalue weighted by atomic mass is 32.1. The third-order valence-electron chi connectivity index (χ3n) is 3.22. The number of hydrogen-bond donors (Lipinski definition) is 1. The molecule has 5 heteroatoms. The van der Waals surface area contributed by atoms with Gasteiger partial charge in [0.15, 0.2) is 0 Å². The number of rotatable bonds is 4. The standard InChI is InChI=1S/C16H16N2OS2/c1-10(8-13-4-3-7-20-13)17-16(19)12-5-6-14-15(9-12)21-11(2)18-14/h3-7,9-10H,8H2,1-2H3,(H,17,19)/t10-/m0/s1. The van der Waals surface area contributed by atoms with E-state index in [0.717, 1.165) is 21.6 Å². The summed E-state index contributed by atoms with van der Waals surface area (Å²) in [5.74, 6) is -0.0213. The van der Waals surface area contributed by atoms with E-state index < -0.39 is 0 Å². The van der Waals surface area contributed by atoms with Crippen molar-refractivity contribution in [1.82, 2.24) is 10.3 Å². The summed E-state index contributed by atoms with van der Waals surface area (Å²) in [6.07, 6.45) is 0.866. The molecule has 1 amide bonds. The van der Waals surface area contributed by atoms with Crippen LogP contribution >= 0.6 is 22.7 Å². The molecule has 3 rings (SSSR count). The van der Waals surface area contributed by atoms with Crippen LogP contribution in [0.15, 0.2) is 35.7 Å². The lowest BCUT2D eigenvalue weighted by atomic mass is 10.1. The monoisotopic (exact) mass is 316 g/mol. The topological polar surface area (TPSA) is 42.0 Å². The van der Waals surface area contributed by atoms with Crippen molar-refractivity contribution in [3.63, 3.8) is 0 Å². The molecule has 0 fully saturated rings. The Morgan fingerprint density at radius 3 is 3.00 bits per heavy atom. The van der Waals surface area contributed by atoms with E-state index in [1.165, 1.54) is 4.88 Å². The van der Waals surface area contributed by atoms with Gasteiger partial charge in [-0.1, -0.05) is 6.07 Å². The van der Waals surface area contributed by atoms with Gasteiger partial charge in [0.1, 0.15) is 0 Å². The molecule has 0 unspecified atom stereocenters. The molecule has 1 N–H and O–H groups in total. The predicted octanol–water partition coefficient (Wildman–Crippen LogP) is 4.03. The molecular weight excluding hydrogens is 300 g/mol. The third kappa shape index (κ3) is 3.31. The Morgan fingerprint density at radius 1 is 1.38 bits per heavy atom. The number of carbonyl (C=O) groups excluding carboxylic acids is 1. The first-order valence-electron chi connectivity index (χ1n) is 6.82. The van der Waals surface area contributed by atoms with E-state index in [2.05, 4.69) is 21.7 Å². The van der Waals surface area contributed by atoms with Crippen LogP contribution in [0.4, 0.5) is 0 Å². The van der Waals surface area contributed by atoms with E-state index in [9.17, 15) is 4.79 Å². The Bertz CT molecular complexity index is 762. The Morgan fingerprint density at radius 2 is 2.24 bits per heavy atom. The molecule has 2 aromatic heterocycles. The SMILES string of the molecule is Cc1nc2ccc(C(=O)N[C@@H](C)Cc3cccs3)cc2s1. The zero-order chi connectivity index (χ0) is 14.8. The smallest absolute Gasteiger partial charge is 0.251 e. The minimum absolute atomic E-state index is 0.0213. The minimum Gasteiger partial charge on any atom is -0.349 e. The maximum Gasteiger partial charge on any atom is 0.251 e. The summed E-state index contributed by atoms with van der Waals surface area (Å²) >= 11 is 3.34. The number of fused-ring (bicyclic) bond motifs is 1. The lowest BCUT2D eigenvalue weighted by Gasteiger charge is -2.13. The van der Waals surface area contributed by atoms with Crippen molar-refractivity contribution in [3.8, 4) is 0 Å². The highest BCUT2D eigenvalue weighted by molar-refractivity contribution is 7.18. The van der Waals surface area contributed by atoms with Gasteiger partial charge in [0.2, 0.25) is 0 Å². The van der Waals surface area contributed by atoms with Crippen LogP contribution in [-0.4, -0.2) is 16.9 Å². The number of benzene rings is 1. The molecule has 1 aromatic carbocycles. The molecule has 0 saturated carbocycles. The zero-order valence-electron chi connectivity index (χ0n) is 11.9. The summed E-state index contributed by atoms with van der Waals surface area (Å²) < 4.78 is 1.06. The van der Waals surface area contributed by atoms with Gasteiger partial charge in [0.25, 0.3) is 5.91 Å². The maximum absolute atomic E-state index is 12.3. The number of nitrogens with one attached hydrogen (secondary N) is 1. The van der Waals surface area contributed by atoms with Gasteiger partial charge in [0.05, 0.1) is 15.2 Å². The van der Waals surface area contributed by atoms with Crippen molar-refractivity contribution in [2.75, 3.05) is 0 Å². The Balaban J connectivity index is 1.71. The van der Waals surface area contributed by atoms with Crippen molar-refractivity contribution in [2.45, 2.75) is 26.3 Å².